The summed E-state index contributed by atoms with van der Waals surface area (Å²) < 4.78 is 27.4. The van der Waals surface area contributed by atoms with E-state index in [1.807, 2.05) is 0 Å². The summed E-state index contributed by atoms with van der Waals surface area (Å²) in [6.07, 6.45) is 5.29. The van der Waals surface area contributed by atoms with Gasteiger partial charge in [0.05, 0.1) is 0 Å². The molecule has 0 amide bonds. The highest BCUT2D eigenvalue weighted by Crippen LogP contribution is 2.26. The van der Waals surface area contributed by atoms with Crippen LogP contribution in [0.4, 0.5) is 0 Å². The summed E-state index contributed by atoms with van der Waals surface area (Å²) in [4.78, 5) is 6.61. The molecule has 3 rings (SSSR count). The zero-order chi connectivity index (χ0) is 13.5. The van der Waals surface area contributed by atoms with E-state index >= 15 is 0 Å². The van der Waals surface area contributed by atoms with Crippen LogP contribution in [0.2, 0.25) is 0 Å². The molecule has 0 radical (unpaired) electrons. The van der Waals surface area contributed by atoms with Crippen LogP contribution in [-0.4, -0.2) is 54.8 Å². The van der Waals surface area contributed by atoms with E-state index in [9.17, 15) is 8.42 Å². The number of sulfonamides is 1. The molecular weight excluding hydrogens is 330 g/mol. The Bertz CT molecular complexity index is 578. The average Bonchev–Trinajstić information content (AvgIpc) is 2.85. The van der Waals surface area contributed by atoms with Crippen LogP contribution < -0.4 is 0 Å². The predicted octanol–water partition coefficient (Wildman–Crippen LogP) is 1.31. The first kappa shape index (κ1) is 13.5. The van der Waals surface area contributed by atoms with Gasteiger partial charge >= 0.3 is 0 Å². The topological polar surface area (TPSA) is 53.5 Å². The highest BCUT2D eigenvalue weighted by Gasteiger charge is 2.36. The van der Waals surface area contributed by atoms with E-state index < -0.39 is 10.0 Å². The molecule has 0 aliphatic carbocycles. The van der Waals surface area contributed by atoms with Gasteiger partial charge in [-0.15, -0.1) is 0 Å². The van der Waals surface area contributed by atoms with E-state index in [2.05, 4.69) is 25.8 Å². The van der Waals surface area contributed by atoms with Gasteiger partial charge in [0, 0.05) is 42.5 Å². The van der Waals surface area contributed by atoms with Crippen molar-refractivity contribution in [3.8, 4) is 0 Å². The first-order valence-electron chi connectivity index (χ1n) is 6.42. The van der Waals surface area contributed by atoms with Crippen molar-refractivity contribution in [1.29, 1.82) is 0 Å². The maximum atomic E-state index is 12.6. The molecule has 19 heavy (non-hydrogen) atoms. The minimum Gasteiger partial charge on any atom is -0.298 e. The smallest absolute Gasteiger partial charge is 0.244 e. The summed E-state index contributed by atoms with van der Waals surface area (Å²) >= 11 is 3.27. The van der Waals surface area contributed by atoms with E-state index in [-0.39, 0.29) is 4.90 Å². The van der Waals surface area contributed by atoms with Gasteiger partial charge in [0.25, 0.3) is 0 Å². The molecule has 0 N–H and O–H groups in total. The molecule has 2 aliphatic rings. The average molecular weight is 346 g/mol. The van der Waals surface area contributed by atoms with Crippen LogP contribution in [-0.2, 0) is 10.0 Å². The molecule has 1 aromatic heterocycles. The van der Waals surface area contributed by atoms with E-state index in [0.717, 1.165) is 19.5 Å². The quantitative estimate of drug-likeness (QED) is 0.810. The van der Waals surface area contributed by atoms with Gasteiger partial charge in [-0.25, -0.2) is 8.42 Å². The van der Waals surface area contributed by atoms with Crippen molar-refractivity contribution in [3.63, 3.8) is 0 Å². The fraction of sp³-hybridized carbons (Fsp3) is 0.583. The van der Waals surface area contributed by atoms with Crippen LogP contribution in [0.15, 0.2) is 27.8 Å². The summed E-state index contributed by atoms with van der Waals surface area (Å²) in [6.45, 7) is 3.13. The second kappa shape index (κ2) is 5.12. The Morgan fingerprint density at radius 2 is 2.11 bits per heavy atom. The number of fused-ring (bicyclic) bond motifs is 1. The molecule has 0 aromatic carbocycles. The molecule has 5 nitrogen and oxygen atoms in total. The third kappa shape index (κ3) is 2.56. The van der Waals surface area contributed by atoms with Crippen LogP contribution in [0, 0.1) is 0 Å². The molecule has 2 fully saturated rings. The van der Waals surface area contributed by atoms with Crippen molar-refractivity contribution in [2.45, 2.75) is 23.8 Å². The Kier molecular flexibility index (Phi) is 3.63. The molecule has 2 saturated heterocycles. The maximum absolute atomic E-state index is 12.6. The van der Waals surface area contributed by atoms with Gasteiger partial charge in [-0.2, -0.15) is 4.31 Å². The van der Waals surface area contributed by atoms with Crippen LogP contribution in [0.5, 0.6) is 0 Å². The van der Waals surface area contributed by atoms with Gasteiger partial charge in [0.15, 0.2) is 0 Å². The molecule has 1 aromatic rings. The fourth-order valence-electron chi connectivity index (χ4n) is 2.86. The van der Waals surface area contributed by atoms with Gasteiger partial charge in [-0.05, 0) is 41.4 Å². The van der Waals surface area contributed by atoms with Crippen molar-refractivity contribution in [1.82, 2.24) is 14.2 Å². The van der Waals surface area contributed by atoms with Crippen LogP contribution in [0.1, 0.15) is 12.8 Å². The Morgan fingerprint density at radius 1 is 1.26 bits per heavy atom. The summed E-state index contributed by atoms with van der Waals surface area (Å²) in [5.41, 5.74) is 0. The number of rotatable bonds is 2. The second-order valence-corrected chi connectivity index (χ2v) is 7.89. The highest BCUT2D eigenvalue weighted by atomic mass is 79.9. The van der Waals surface area contributed by atoms with E-state index in [0.29, 0.717) is 23.6 Å². The number of nitrogens with zero attached hydrogens (tertiary/aromatic N) is 3. The lowest BCUT2D eigenvalue weighted by molar-refractivity contribution is 0.158. The third-order valence-electron chi connectivity index (χ3n) is 3.87. The zero-order valence-electron chi connectivity index (χ0n) is 10.5. The molecule has 1 atom stereocenters. The second-order valence-electron chi connectivity index (χ2n) is 5.03. The first-order chi connectivity index (χ1) is 9.07. The Morgan fingerprint density at radius 3 is 2.89 bits per heavy atom. The highest BCUT2D eigenvalue weighted by molar-refractivity contribution is 9.10. The van der Waals surface area contributed by atoms with Crippen molar-refractivity contribution in [3.05, 3.63) is 22.9 Å². The number of pyridine rings is 1. The largest absolute Gasteiger partial charge is 0.298 e. The van der Waals surface area contributed by atoms with Crippen molar-refractivity contribution in [2.75, 3.05) is 26.2 Å². The van der Waals surface area contributed by atoms with Crippen molar-refractivity contribution >= 4 is 26.0 Å². The van der Waals surface area contributed by atoms with Gasteiger partial charge in [0.2, 0.25) is 10.0 Å². The molecule has 0 spiro atoms. The molecule has 0 bridgehead atoms. The van der Waals surface area contributed by atoms with E-state index in [4.69, 9.17) is 0 Å². The van der Waals surface area contributed by atoms with Gasteiger partial charge in [0.1, 0.15) is 4.90 Å². The van der Waals surface area contributed by atoms with Crippen molar-refractivity contribution < 1.29 is 8.42 Å². The zero-order valence-corrected chi connectivity index (χ0v) is 12.9. The Balaban J connectivity index is 1.85. The third-order valence-corrected chi connectivity index (χ3v) is 6.13. The lowest BCUT2D eigenvalue weighted by Gasteiger charge is -2.36. The number of hydrogen-bond acceptors (Lipinski definition) is 4. The lowest BCUT2D eigenvalue weighted by Crippen LogP contribution is -2.51. The van der Waals surface area contributed by atoms with Crippen molar-refractivity contribution in [2.24, 2.45) is 0 Å². The molecule has 1 unspecified atom stereocenters. The van der Waals surface area contributed by atoms with Gasteiger partial charge in [-0.1, -0.05) is 0 Å². The minimum absolute atomic E-state index is 0.272. The summed E-state index contributed by atoms with van der Waals surface area (Å²) in [5, 5.41) is 0. The number of hydrogen-bond donors (Lipinski definition) is 0. The summed E-state index contributed by atoms with van der Waals surface area (Å²) in [6, 6.07) is 2.01. The lowest BCUT2D eigenvalue weighted by atomic mass is 10.2. The van der Waals surface area contributed by atoms with Gasteiger partial charge in [-0.3, -0.25) is 9.88 Å². The maximum Gasteiger partial charge on any atom is 0.244 e. The Labute approximate surface area is 121 Å². The molecule has 3 heterocycles. The monoisotopic (exact) mass is 345 g/mol. The van der Waals surface area contributed by atoms with Gasteiger partial charge < -0.3 is 0 Å². The summed E-state index contributed by atoms with van der Waals surface area (Å²) in [5.74, 6) is 0. The fourth-order valence-corrected chi connectivity index (χ4v) is 4.84. The molecular formula is C12H16BrN3O2S. The number of piperazine rings is 1. The van der Waals surface area contributed by atoms with Crippen LogP contribution >= 0.6 is 15.9 Å². The van der Waals surface area contributed by atoms with Crippen LogP contribution in [0.25, 0.3) is 0 Å². The standard InChI is InChI=1S/C12H16BrN3O2S/c13-10-6-12(8-14-7-10)19(17,18)16-5-4-15-3-1-2-11(15)9-16/h6-8,11H,1-5,9H2. The Hall–Kier alpha value is -0.500. The van der Waals surface area contributed by atoms with Crippen LogP contribution in [0.3, 0.4) is 0 Å². The molecule has 7 heteroatoms. The molecule has 2 aliphatic heterocycles. The van der Waals surface area contributed by atoms with E-state index in [1.165, 1.54) is 12.6 Å². The molecule has 104 valence electrons. The number of halogens is 1. The summed E-state index contributed by atoms with van der Waals surface area (Å²) in [7, 11) is -3.41. The number of aromatic nitrogens is 1. The predicted molar refractivity (Wildman–Crippen MR) is 75.3 cm³/mol. The minimum atomic E-state index is -3.41. The SMILES string of the molecule is O=S(=O)(c1cncc(Br)c1)N1CCN2CCCC2C1. The molecule has 0 saturated carbocycles. The van der Waals surface area contributed by atoms with E-state index in [1.54, 1.807) is 16.6 Å². The normalized spacial score (nSPS) is 25.4. The first-order valence-corrected chi connectivity index (χ1v) is 8.65.